The Morgan fingerprint density at radius 3 is 2.57 bits per heavy atom. The standard InChI is InChI=1S/C34H37N7O3/c1-21(2)32-23(4)41(30-15-25-16-39(38-34(25)35-22(30)3)17-26-20-43-13-14-44-26)37-33(32)27-11-8-12-29-28(27)18-40(36-29)19-31(42)24-9-6-5-7-10-24/h5-12,15-16,18,21,26,31,42H,13-14,17,19-20H2,1-4H3/t26?,31-/m0/s1. The Balaban J connectivity index is 1.26. The molecule has 1 N–H and O–H groups in total. The number of fused-ring (bicyclic) bond motifs is 2. The van der Waals surface area contributed by atoms with E-state index in [0.29, 0.717) is 38.6 Å². The number of aryl methyl sites for hydroxylation is 1. The number of hydrogen-bond donors (Lipinski definition) is 1. The van der Waals surface area contributed by atoms with Gasteiger partial charge in [0.25, 0.3) is 0 Å². The fourth-order valence-corrected chi connectivity index (χ4v) is 6.23. The zero-order valence-electron chi connectivity index (χ0n) is 25.5. The van der Waals surface area contributed by atoms with Gasteiger partial charge in [-0.1, -0.05) is 56.3 Å². The van der Waals surface area contributed by atoms with Crippen molar-refractivity contribution < 1.29 is 14.6 Å². The van der Waals surface area contributed by atoms with Crippen LogP contribution in [0.5, 0.6) is 0 Å². The van der Waals surface area contributed by atoms with Crippen LogP contribution >= 0.6 is 0 Å². The van der Waals surface area contributed by atoms with Crippen molar-refractivity contribution in [3.63, 3.8) is 0 Å². The second kappa shape index (κ2) is 11.6. The monoisotopic (exact) mass is 591 g/mol. The number of rotatable bonds is 8. The summed E-state index contributed by atoms with van der Waals surface area (Å²) in [6, 6.07) is 17.9. The van der Waals surface area contributed by atoms with Crippen molar-refractivity contribution in [3.05, 3.63) is 89.5 Å². The second-order valence-corrected chi connectivity index (χ2v) is 11.9. The summed E-state index contributed by atoms with van der Waals surface area (Å²) >= 11 is 0. The lowest BCUT2D eigenvalue weighted by molar-refractivity contribution is -0.0945. The van der Waals surface area contributed by atoms with Crippen molar-refractivity contribution in [2.45, 2.75) is 58.9 Å². The number of benzene rings is 2. The highest BCUT2D eigenvalue weighted by atomic mass is 16.6. The smallest absolute Gasteiger partial charge is 0.181 e. The molecule has 1 saturated heterocycles. The Morgan fingerprint density at radius 2 is 1.80 bits per heavy atom. The van der Waals surface area contributed by atoms with Gasteiger partial charge in [0.05, 0.1) is 61.6 Å². The molecule has 10 nitrogen and oxygen atoms in total. The summed E-state index contributed by atoms with van der Waals surface area (Å²) < 4.78 is 17.1. The van der Waals surface area contributed by atoms with Crippen LogP contribution < -0.4 is 0 Å². The minimum atomic E-state index is -0.653. The summed E-state index contributed by atoms with van der Waals surface area (Å²) in [4.78, 5) is 4.87. The molecule has 4 aromatic heterocycles. The normalized spacial score (nSPS) is 16.4. The van der Waals surface area contributed by atoms with Gasteiger partial charge < -0.3 is 14.6 Å². The van der Waals surface area contributed by atoms with Crippen LogP contribution in [-0.4, -0.2) is 65.4 Å². The van der Waals surface area contributed by atoms with Crippen LogP contribution in [0.15, 0.2) is 67.0 Å². The Labute approximate surface area is 255 Å². The molecule has 5 heterocycles. The van der Waals surface area contributed by atoms with Gasteiger partial charge in [0.15, 0.2) is 5.65 Å². The molecule has 6 aromatic rings. The van der Waals surface area contributed by atoms with Crippen LogP contribution in [0.1, 0.15) is 48.4 Å². The minimum Gasteiger partial charge on any atom is -0.386 e. The predicted molar refractivity (Wildman–Crippen MR) is 169 cm³/mol. The maximum Gasteiger partial charge on any atom is 0.181 e. The van der Waals surface area contributed by atoms with Crippen LogP contribution in [0.25, 0.3) is 38.9 Å². The van der Waals surface area contributed by atoms with E-state index in [-0.39, 0.29) is 12.0 Å². The minimum absolute atomic E-state index is 0.0168. The molecule has 2 aromatic carbocycles. The first kappa shape index (κ1) is 28.4. The van der Waals surface area contributed by atoms with E-state index in [0.717, 1.165) is 50.2 Å². The SMILES string of the molecule is Cc1nc2nn(CC3COCCO3)cc2cc1-n1nc(-c2cccc3nn(C[C@H](O)c4ccccc4)cc23)c(C(C)C)c1C. The third kappa shape index (κ3) is 5.29. The number of ether oxygens (including phenoxy) is 2. The highest BCUT2D eigenvalue weighted by Gasteiger charge is 2.24. The highest BCUT2D eigenvalue weighted by molar-refractivity contribution is 5.94. The maximum atomic E-state index is 10.9. The van der Waals surface area contributed by atoms with E-state index in [1.807, 2.05) is 75.8 Å². The largest absolute Gasteiger partial charge is 0.386 e. The Kier molecular flexibility index (Phi) is 7.49. The molecule has 0 radical (unpaired) electrons. The third-order valence-electron chi connectivity index (χ3n) is 8.35. The molecule has 44 heavy (non-hydrogen) atoms. The van der Waals surface area contributed by atoms with Crippen LogP contribution in [0.3, 0.4) is 0 Å². The van der Waals surface area contributed by atoms with Gasteiger partial charge in [0, 0.05) is 40.0 Å². The van der Waals surface area contributed by atoms with Crippen molar-refractivity contribution in [2.75, 3.05) is 19.8 Å². The van der Waals surface area contributed by atoms with E-state index in [4.69, 9.17) is 29.8 Å². The third-order valence-corrected chi connectivity index (χ3v) is 8.35. The van der Waals surface area contributed by atoms with Crippen molar-refractivity contribution in [1.82, 2.24) is 34.3 Å². The number of aromatic nitrogens is 7. The summed E-state index contributed by atoms with van der Waals surface area (Å²) in [6.45, 7) is 11.3. The first-order chi connectivity index (χ1) is 21.4. The molecule has 0 amide bonds. The fraction of sp³-hybridized carbons (Fsp3) is 0.353. The molecule has 0 aliphatic carbocycles. The molecule has 1 aliphatic heterocycles. The number of aliphatic hydroxyl groups is 1. The van der Waals surface area contributed by atoms with Gasteiger partial charge in [0.1, 0.15) is 6.10 Å². The average molecular weight is 592 g/mol. The second-order valence-electron chi connectivity index (χ2n) is 11.9. The molecule has 1 fully saturated rings. The van der Waals surface area contributed by atoms with Crippen LogP contribution in [-0.2, 0) is 22.6 Å². The summed E-state index contributed by atoms with van der Waals surface area (Å²) in [6.07, 6.45) is 3.37. The lowest BCUT2D eigenvalue weighted by atomic mass is 9.95. The molecule has 10 heteroatoms. The lowest BCUT2D eigenvalue weighted by Gasteiger charge is -2.22. The van der Waals surface area contributed by atoms with E-state index in [2.05, 4.69) is 32.9 Å². The molecule has 7 rings (SSSR count). The van der Waals surface area contributed by atoms with Crippen LogP contribution in [0.4, 0.5) is 0 Å². The Bertz CT molecular complexity index is 1930. The summed E-state index contributed by atoms with van der Waals surface area (Å²) in [5, 5.41) is 27.6. The van der Waals surface area contributed by atoms with E-state index >= 15 is 0 Å². The van der Waals surface area contributed by atoms with E-state index in [1.54, 1.807) is 0 Å². The lowest BCUT2D eigenvalue weighted by Crippen LogP contribution is -2.32. The van der Waals surface area contributed by atoms with Gasteiger partial charge in [-0.2, -0.15) is 15.3 Å². The van der Waals surface area contributed by atoms with E-state index < -0.39 is 6.10 Å². The number of aliphatic hydroxyl groups excluding tert-OH is 1. The van der Waals surface area contributed by atoms with Gasteiger partial charge in [0.2, 0.25) is 0 Å². The van der Waals surface area contributed by atoms with Gasteiger partial charge in [-0.15, -0.1) is 0 Å². The number of nitrogens with zero attached hydrogens (tertiary/aromatic N) is 7. The summed E-state index contributed by atoms with van der Waals surface area (Å²) in [7, 11) is 0. The van der Waals surface area contributed by atoms with Crippen LogP contribution in [0.2, 0.25) is 0 Å². The Hall–Kier alpha value is -4.38. The quantitative estimate of drug-likeness (QED) is 0.248. The molecule has 2 atom stereocenters. The molecule has 226 valence electrons. The van der Waals surface area contributed by atoms with Crippen molar-refractivity contribution in [3.8, 4) is 16.9 Å². The molecule has 1 unspecified atom stereocenters. The van der Waals surface area contributed by atoms with Crippen molar-refractivity contribution >= 4 is 21.9 Å². The molecular weight excluding hydrogens is 554 g/mol. The summed E-state index contributed by atoms with van der Waals surface area (Å²) in [5.41, 5.74) is 8.41. The molecule has 0 saturated carbocycles. The molecular formula is C34H37N7O3. The van der Waals surface area contributed by atoms with Crippen molar-refractivity contribution in [2.24, 2.45) is 0 Å². The number of hydrogen-bond acceptors (Lipinski definition) is 7. The zero-order chi connectivity index (χ0) is 30.4. The molecule has 0 bridgehead atoms. The Morgan fingerprint density at radius 1 is 0.955 bits per heavy atom. The van der Waals surface area contributed by atoms with E-state index in [9.17, 15) is 5.11 Å². The fourth-order valence-electron chi connectivity index (χ4n) is 6.23. The van der Waals surface area contributed by atoms with E-state index in [1.165, 1.54) is 5.56 Å². The predicted octanol–water partition coefficient (Wildman–Crippen LogP) is 5.52. The first-order valence-electron chi connectivity index (χ1n) is 15.2. The number of pyridine rings is 1. The van der Waals surface area contributed by atoms with Gasteiger partial charge in [-0.05, 0) is 37.5 Å². The molecule has 1 aliphatic rings. The topological polar surface area (TPSA) is 105 Å². The first-order valence-corrected chi connectivity index (χ1v) is 15.2. The van der Waals surface area contributed by atoms with Gasteiger partial charge in [-0.25, -0.2) is 9.67 Å². The van der Waals surface area contributed by atoms with Gasteiger partial charge in [-0.3, -0.25) is 9.36 Å². The average Bonchev–Trinajstić information content (AvgIpc) is 3.71. The highest BCUT2D eigenvalue weighted by Crippen LogP contribution is 2.37. The molecule has 0 spiro atoms. The van der Waals surface area contributed by atoms with Crippen LogP contribution in [0, 0.1) is 13.8 Å². The summed E-state index contributed by atoms with van der Waals surface area (Å²) in [5.74, 6) is 0.237. The zero-order valence-corrected chi connectivity index (χ0v) is 25.5. The maximum absolute atomic E-state index is 10.9. The van der Waals surface area contributed by atoms with Crippen molar-refractivity contribution in [1.29, 1.82) is 0 Å². The van der Waals surface area contributed by atoms with Gasteiger partial charge >= 0.3 is 0 Å².